The van der Waals surface area contributed by atoms with Gasteiger partial charge in [0.15, 0.2) is 5.82 Å². The molecule has 8 aromatic carbocycles. The molecule has 4 heteroatoms. The predicted octanol–water partition coefficient (Wildman–Crippen LogP) is 13.9. The molecular weight excluding hydrogens is 685 g/mol. The minimum Gasteiger partial charge on any atom is -0.456 e. The van der Waals surface area contributed by atoms with Crippen LogP contribution >= 0.6 is 0 Å². The smallest absolute Gasteiger partial charge is 0.231 e. The summed E-state index contributed by atoms with van der Waals surface area (Å²) in [5.74, 6) is 0.596. The normalized spacial score (nSPS) is 11.7. The van der Waals surface area contributed by atoms with Gasteiger partial charge in [-0.05, 0) is 87.3 Å². The number of aryl methyl sites for hydroxylation is 2. The Bertz CT molecular complexity index is 3250. The van der Waals surface area contributed by atoms with Crippen LogP contribution < -0.4 is 0 Å². The molecule has 56 heavy (non-hydrogen) atoms. The molecule has 11 aromatic rings. The molecule has 0 unspecified atom stereocenters. The molecule has 0 aliphatic carbocycles. The molecule has 3 heterocycles. The summed E-state index contributed by atoms with van der Waals surface area (Å²) in [6.45, 7) is 0. The van der Waals surface area contributed by atoms with Gasteiger partial charge in [-0.1, -0.05) is 152 Å². The van der Waals surface area contributed by atoms with Crippen LogP contribution in [0, 0.1) is 0 Å². The van der Waals surface area contributed by atoms with Crippen molar-refractivity contribution in [1.82, 2.24) is 9.97 Å². The average molecular weight is 719 g/mol. The zero-order chi connectivity index (χ0) is 37.0. The van der Waals surface area contributed by atoms with Gasteiger partial charge in [0.25, 0.3) is 0 Å². The van der Waals surface area contributed by atoms with Crippen LogP contribution in [0.5, 0.6) is 0 Å². The van der Waals surface area contributed by atoms with Crippen LogP contribution in [-0.4, -0.2) is 9.97 Å². The lowest BCUT2D eigenvalue weighted by Crippen LogP contribution is -1.96. The summed E-state index contributed by atoms with van der Waals surface area (Å²) >= 11 is 0. The van der Waals surface area contributed by atoms with Gasteiger partial charge in [-0.2, -0.15) is 4.98 Å². The number of aromatic nitrogens is 2. The molecule has 0 spiro atoms. The third-order valence-corrected chi connectivity index (χ3v) is 11.1. The van der Waals surface area contributed by atoms with E-state index in [-0.39, 0.29) is 0 Å². The van der Waals surface area contributed by atoms with Crippen molar-refractivity contribution in [2.75, 3.05) is 0 Å². The molecule has 0 fully saturated rings. The van der Waals surface area contributed by atoms with E-state index in [0.29, 0.717) is 11.5 Å². The van der Waals surface area contributed by atoms with Gasteiger partial charge < -0.3 is 8.83 Å². The van der Waals surface area contributed by atoms with Gasteiger partial charge in [0, 0.05) is 27.3 Å². The summed E-state index contributed by atoms with van der Waals surface area (Å²) in [6, 6.07) is 63.9. The van der Waals surface area contributed by atoms with Gasteiger partial charge >= 0.3 is 0 Å². The number of benzene rings is 8. The zero-order valence-corrected chi connectivity index (χ0v) is 30.4. The maximum Gasteiger partial charge on any atom is 0.231 e. The molecule has 4 nitrogen and oxygen atoms in total. The van der Waals surface area contributed by atoms with E-state index < -0.39 is 0 Å². The molecule has 0 atom stereocenters. The lowest BCUT2D eigenvalue weighted by Gasteiger charge is -2.15. The molecule has 0 N–H and O–H groups in total. The highest BCUT2D eigenvalue weighted by atomic mass is 16.3. The van der Waals surface area contributed by atoms with E-state index in [9.17, 15) is 0 Å². The SMILES string of the molecule is c1ccc(CCc2c(-c3cccc(-c4ccc5oc6nc(-c7cccc8oc9ccccc9c78)nc(-c7ccccc7)c6c5c4)c3)ccc3ccccc23)cc1. The van der Waals surface area contributed by atoms with Gasteiger partial charge in [-0.25, -0.2) is 4.98 Å². The van der Waals surface area contributed by atoms with Crippen LogP contribution in [0.3, 0.4) is 0 Å². The van der Waals surface area contributed by atoms with Crippen molar-refractivity contribution >= 4 is 54.8 Å². The lowest BCUT2D eigenvalue weighted by molar-refractivity contribution is 0.653. The van der Waals surface area contributed by atoms with E-state index in [1.807, 2.05) is 48.5 Å². The van der Waals surface area contributed by atoms with E-state index in [1.165, 1.54) is 33.0 Å². The van der Waals surface area contributed by atoms with Crippen LogP contribution in [0.25, 0.3) is 99.7 Å². The molecule has 0 aliphatic heterocycles. The molecule has 11 rings (SSSR count). The summed E-state index contributed by atoms with van der Waals surface area (Å²) in [7, 11) is 0. The molecule has 0 saturated heterocycles. The minimum atomic E-state index is 0.554. The van der Waals surface area contributed by atoms with E-state index in [4.69, 9.17) is 18.8 Å². The first kappa shape index (κ1) is 32.2. The summed E-state index contributed by atoms with van der Waals surface area (Å²) in [6.07, 6.45) is 1.93. The molecular formula is C52H34N2O2. The average Bonchev–Trinajstić information content (AvgIpc) is 3.84. The van der Waals surface area contributed by atoms with Crippen molar-refractivity contribution in [1.29, 1.82) is 0 Å². The van der Waals surface area contributed by atoms with Crippen LogP contribution in [-0.2, 0) is 12.8 Å². The van der Waals surface area contributed by atoms with Gasteiger partial charge in [0.1, 0.15) is 16.7 Å². The fourth-order valence-electron chi connectivity index (χ4n) is 8.40. The van der Waals surface area contributed by atoms with Gasteiger partial charge in [-0.15, -0.1) is 0 Å². The van der Waals surface area contributed by atoms with Crippen LogP contribution in [0.2, 0.25) is 0 Å². The molecule has 0 aliphatic rings. The van der Waals surface area contributed by atoms with Crippen molar-refractivity contribution in [2.24, 2.45) is 0 Å². The van der Waals surface area contributed by atoms with Crippen molar-refractivity contribution in [2.45, 2.75) is 12.8 Å². The Balaban J connectivity index is 1.06. The Kier molecular flexibility index (Phi) is 7.59. The number of para-hydroxylation sites is 1. The number of rotatable bonds is 7. The van der Waals surface area contributed by atoms with Crippen molar-refractivity contribution in [3.8, 4) is 44.9 Å². The summed E-state index contributed by atoms with van der Waals surface area (Å²) in [5.41, 5.74) is 13.1. The molecule has 264 valence electrons. The highest BCUT2D eigenvalue weighted by molar-refractivity contribution is 6.14. The summed E-state index contributed by atoms with van der Waals surface area (Å²) in [4.78, 5) is 10.4. The Hall–Kier alpha value is -7.30. The third kappa shape index (κ3) is 5.46. The van der Waals surface area contributed by atoms with Crippen molar-refractivity contribution in [3.05, 3.63) is 193 Å². The predicted molar refractivity (Wildman–Crippen MR) is 230 cm³/mol. The highest BCUT2D eigenvalue weighted by Crippen LogP contribution is 2.41. The largest absolute Gasteiger partial charge is 0.456 e. The molecule has 0 amide bonds. The first-order chi connectivity index (χ1) is 27.7. The van der Waals surface area contributed by atoms with Gasteiger partial charge in [0.2, 0.25) is 5.71 Å². The number of furan rings is 2. The quantitative estimate of drug-likeness (QED) is 0.165. The Morgan fingerprint density at radius 2 is 1.09 bits per heavy atom. The van der Waals surface area contributed by atoms with Crippen LogP contribution in [0.1, 0.15) is 11.1 Å². The maximum atomic E-state index is 6.59. The number of nitrogens with zero attached hydrogens (tertiary/aromatic N) is 2. The first-order valence-electron chi connectivity index (χ1n) is 19.1. The number of hydrogen-bond acceptors (Lipinski definition) is 4. The number of fused-ring (bicyclic) bond motifs is 7. The number of hydrogen-bond donors (Lipinski definition) is 0. The standard InChI is InChI=1S/C52H34N2O2/c1-3-13-33(14-4-1)25-28-41-39-20-8-7-15-34(39)26-29-40(41)38-19-11-18-36(31-38)37-27-30-46-44(32-37)49-50(35-16-5-2-6-17-35)53-51(54-52(49)56-46)43-22-12-24-47-48(43)42-21-9-10-23-45(42)55-47/h1-24,26-27,29-32H,25,28H2. The van der Waals surface area contributed by atoms with Gasteiger partial charge in [0.05, 0.1) is 11.1 Å². The topological polar surface area (TPSA) is 52.1 Å². The fourth-order valence-corrected chi connectivity index (χ4v) is 8.40. The monoisotopic (exact) mass is 718 g/mol. The lowest BCUT2D eigenvalue weighted by atomic mass is 9.89. The van der Waals surface area contributed by atoms with Crippen LogP contribution in [0.15, 0.2) is 191 Å². The maximum absolute atomic E-state index is 6.59. The third-order valence-electron chi connectivity index (χ3n) is 11.1. The minimum absolute atomic E-state index is 0.554. The zero-order valence-electron chi connectivity index (χ0n) is 30.4. The summed E-state index contributed by atoms with van der Waals surface area (Å²) < 4.78 is 12.8. The molecule has 0 radical (unpaired) electrons. The van der Waals surface area contributed by atoms with Gasteiger partial charge in [-0.3, -0.25) is 0 Å². The van der Waals surface area contributed by atoms with E-state index >= 15 is 0 Å². The van der Waals surface area contributed by atoms with E-state index in [2.05, 4.69) is 133 Å². The van der Waals surface area contributed by atoms with Crippen molar-refractivity contribution in [3.63, 3.8) is 0 Å². The second kappa shape index (κ2) is 13.2. The second-order valence-corrected chi connectivity index (χ2v) is 14.4. The fraction of sp³-hybridized carbons (Fsp3) is 0.0385. The molecule has 0 bridgehead atoms. The molecule has 0 saturated carbocycles. The van der Waals surface area contributed by atoms with E-state index in [1.54, 1.807) is 0 Å². The Morgan fingerprint density at radius 1 is 0.393 bits per heavy atom. The Labute approximate surface area is 323 Å². The Morgan fingerprint density at radius 3 is 1.98 bits per heavy atom. The van der Waals surface area contributed by atoms with Crippen molar-refractivity contribution < 1.29 is 8.83 Å². The second-order valence-electron chi connectivity index (χ2n) is 14.4. The van der Waals surface area contributed by atoms with E-state index in [0.717, 1.165) is 79.1 Å². The first-order valence-corrected chi connectivity index (χ1v) is 19.1. The summed E-state index contributed by atoms with van der Waals surface area (Å²) in [5, 5.41) is 6.48. The molecule has 3 aromatic heterocycles. The van der Waals surface area contributed by atoms with Crippen LogP contribution in [0.4, 0.5) is 0 Å². The highest BCUT2D eigenvalue weighted by Gasteiger charge is 2.21.